The fraction of sp³-hybridized carbons (Fsp3) is 0.571. The number of hydrogen-bond donors (Lipinski definition) is 1. The van der Waals surface area contributed by atoms with Crippen molar-refractivity contribution in [3.05, 3.63) is 23.9 Å². The molecule has 4 heteroatoms. The number of nitrogens with zero attached hydrogens (tertiary/aromatic N) is 2. The predicted molar refractivity (Wildman–Crippen MR) is 72.2 cm³/mol. The van der Waals surface area contributed by atoms with Gasteiger partial charge >= 0.3 is 0 Å². The van der Waals surface area contributed by atoms with E-state index in [4.69, 9.17) is 5.73 Å². The molecule has 98 valence electrons. The first kappa shape index (κ1) is 13.0. The number of pyridine rings is 1. The molecule has 0 saturated heterocycles. The molecule has 0 bridgehead atoms. The Bertz CT molecular complexity index is 436. The maximum atomic E-state index is 12.6. The van der Waals surface area contributed by atoms with E-state index in [-0.39, 0.29) is 5.54 Å². The lowest BCUT2D eigenvalue weighted by Gasteiger charge is -2.34. The van der Waals surface area contributed by atoms with Crippen molar-refractivity contribution in [3.63, 3.8) is 0 Å². The number of nitrogen functional groups attached to an aromatic ring is 1. The van der Waals surface area contributed by atoms with Crippen LogP contribution < -0.4 is 5.73 Å². The van der Waals surface area contributed by atoms with Gasteiger partial charge in [-0.2, -0.15) is 0 Å². The number of nitrogens with two attached hydrogens (primary N) is 1. The number of likely N-dealkylation sites (N-methyl/N-ethyl adjacent to an activating group) is 1. The van der Waals surface area contributed by atoms with E-state index in [0.29, 0.717) is 18.0 Å². The summed E-state index contributed by atoms with van der Waals surface area (Å²) in [6.07, 6.45) is 6.34. The second kappa shape index (κ2) is 5.06. The van der Waals surface area contributed by atoms with E-state index >= 15 is 0 Å². The van der Waals surface area contributed by atoms with Crippen molar-refractivity contribution >= 4 is 11.6 Å². The Kier molecular flexibility index (Phi) is 3.66. The highest BCUT2D eigenvalue weighted by atomic mass is 16.1. The molecule has 0 unspecified atom stereocenters. The highest BCUT2D eigenvalue weighted by molar-refractivity contribution is 5.90. The van der Waals surface area contributed by atoms with Crippen LogP contribution in [0, 0.1) is 0 Å². The Morgan fingerprint density at radius 1 is 1.44 bits per heavy atom. The maximum Gasteiger partial charge on any atom is 0.157 e. The van der Waals surface area contributed by atoms with Gasteiger partial charge in [-0.25, -0.2) is 4.98 Å². The van der Waals surface area contributed by atoms with Gasteiger partial charge in [-0.15, -0.1) is 0 Å². The number of carbonyl (C=O) groups is 1. The summed E-state index contributed by atoms with van der Waals surface area (Å²) >= 11 is 0. The fourth-order valence-corrected chi connectivity index (χ4v) is 2.89. The van der Waals surface area contributed by atoms with Gasteiger partial charge in [0.05, 0.1) is 5.54 Å². The largest absolute Gasteiger partial charge is 0.384 e. The maximum absolute atomic E-state index is 12.6. The molecule has 1 aliphatic rings. The molecule has 1 saturated carbocycles. The molecular weight excluding hydrogens is 226 g/mol. The summed E-state index contributed by atoms with van der Waals surface area (Å²) in [5.74, 6) is 0.779. The van der Waals surface area contributed by atoms with Crippen LogP contribution in [-0.2, 0) is 11.2 Å². The summed E-state index contributed by atoms with van der Waals surface area (Å²) in [5.41, 5.74) is 6.34. The van der Waals surface area contributed by atoms with Crippen LogP contribution in [0.3, 0.4) is 0 Å². The molecule has 0 aromatic carbocycles. The third-order valence-electron chi connectivity index (χ3n) is 4.02. The summed E-state index contributed by atoms with van der Waals surface area (Å²) in [4.78, 5) is 18.6. The molecule has 1 aromatic heterocycles. The summed E-state index contributed by atoms with van der Waals surface area (Å²) in [7, 11) is 4.01. The van der Waals surface area contributed by atoms with Crippen LogP contribution in [0.1, 0.15) is 31.2 Å². The Balaban J connectivity index is 2.16. The smallest absolute Gasteiger partial charge is 0.157 e. The first-order chi connectivity index (χ1) is 8.54. The minimum absolute atomic E-state index is 0.266. The molecular formula is C14H21N3O. The van der Waals surface area contributed by atoms with Crippen LogP contribution in [0.2, 0.25) is 0 Å². The van der Waals surface area contributed by atoms with Crippen LogP contribution in [0.5, 0.6) is 0 Å². The van der Waals surface area contributed by atoms with Gasteiger partial charge in [-0.1, -0.05) is 12.8 Å². The molecule has 1 fully saturated rings. The molecule has 0 spiro atoms. The van der Waals surface area contributed by atoms with Gasteiger partial charge in [-0.05, 0) is 44.6 Å². The van der Waals surface area contributed by atoms with Gasteiger partial charge in [0.15, 0.2) is 5.78 Å². The van der Waals surface area contributed by atoms with Gasteiger partial charge in [0.2, 0.25) is 0 Å². The van der Waals surface area contributed by atoms with Crippen molar-refractivity contribution in [3.8, 4) is 0 Å². The second-order valence-electron chi connectivity index (χ2n) is 5.32. The predicted octanol–water partition coefficient (Wildman–Crippen LogP) is 1.65. The fourth-order valence-electron chi connectivity index (χ4n) is 2.89. The minimum atomic E-state index is -0.266. The molecule has 0 radical (unpaired) electrons. The molecule has 1 heterocycles. The average Bonchev–Trinajstić information content (AvgIpc) is 2.79. The van der Waals surface area contributed by atoms with E-state index in [1.165, 1.54) is 0 Å². The zero-order valence-electron chi connectivity index (χ0n) is 11.1. The van der Waals surface area contributed by atoms with Crippen LogP contribution in [0.25, 0.3) is 0 Å². The van der Waals surface area contributed by atoms with E-state index in [1.807, 2.05) is 20.2 Å². The molecule has 4 nitrogen and oxygen atoms in total. The van der Waals surface area contributed by atoms with E-state index in [9.17, 15) is 4.79 Å². The van der Waals surface area contributed by atoms with Crippen molar-refractivity contribution in [1.29, 1.82) is 0 Å². The van der Waals surface area contributed by atoms with E-state index in [1.54, 1.807) is 12.3 Å². The Morgan fingerprint density at radius 2 is 2.11 bits per heavy atom. The summed E-state index contributed by atoms with van der Waals surface area (Å²) < 4.78 is 0. The van der Waals surface area contributed by atoms with Gasteiger partial charge in [0.25, 0.3) is 0 Å². The summed E-state index contributed by atoms with van der Waals surface area (Å²) in [6.45, 7) is 0. The summed E-state index contributed by atoms with van der Waals surface area (Å²) in [5, 5.41) is 0. The highest BCUT2D eigenvalue weighted by Crippen LogP contribution is 2.35. The number of Topliss-reactive ketones (excluding diaryl/α,β-unsaturated/α-hetero) is 1. The molecule has 0 aliphatic heterocycles. The molecule has 2 rings (SSSR count). The molecule has 1 aromatic rings. The number of anilines is 1. The lowest BCUT2D eigenvalue weighted by molar-refractivity contribution is -0.128. The summed E-state index contributed by atoms with van der Waals surface area (Å²) in [6, 6.07) is 3.66. The van der Waals surface area contributed by atoms with Gasteiger partial charge in [0.1, 0.15) is 5.82 Å². The van der Waals surface area contributed by atoms with Crippen molar-refractivity contribution in [2.24, 2.45) is 0 Å². The number of aromatic nitrogens is 1. The molecule has 18 heavy (non-hydrogen) atoms. The average molecular weight is 247 g/mol. The minimum Gasteiger partial charge on any atom is -0.384 e. The van der Waals surface area contributed by atoms with Gasteiger partial charge < -0.3 is 5.73 Å². The molecule has 1 aliphatic carbocycles. The van der Waals surface area contributed by atoms with Crippen LogP contribution in [-0.4, -0.2) is 35.3 Å². The van der Waals surface area contributed by atoms with Gasteiger partial charge in [0, 0.05) is 12.6 Å². The third kappa shape index (κ3) is 2.38. The third-order valence-corrected chi connectivity index (χ3v) is 4.02. The monoisotopic (exact) mass is 247 g/mol. The Hall–Kier alpha value is -1.42. The van der Waals surface area contributed by atoms with Crippen LogP contribution in [0.15, 0.2) is 18.3 Å². The highest BCUT2D eigenvalue weighted by Gasteiger charge is 2.42. The zero-order chi connectivity index (χ0) is 13.2. The van der Waals surface area contributed by atoms with Gasteiger partial charge in [-0.3, -0.25) is 9.69 Å². The number of hydrogen-bond acceptors (Lipinski definition) is 4. The standard InChI is InChI=1S/C14H21N3O/c1-17(2)14(6-3-4-7-14)12(18)9-11-5-8-16-13(15)10-11/h5,8,10H,3-4,6-7,9H2,1-2H3,(H2,15,16). The quantitative estimate of drug-likeness (QED) is 0.879. The molecule has 2 N–H and O–H groups in total. The lowest BCUT2D eigenvalue weighted by Crippen LogP contribution is -2.49. The Labute approximate surface area is 108 Å². The SMILES string of the molecule is CN(C)C1(C(=O)Cc2ccnc(N)c2)CCCC1. The van der Waals surface area contributed by atoms with Crippen LogP contribution >= 0.6 is 0 Å². The van der Waals surface area contributed by atoms with Crippen molar-refractivity contribution < 1.29 is 4.79 Å². The van der Waals surface area contributed by atoms with Crippen LogP contribution in [0.4, 0.5) is 5.82 Å². The topological polar surface area (TPSA) is 59.2 Å². The van der Waals surface area contributed by atoms with Crippen molar-refractivity contribution in [1.82, 2.24) is 9.88 Å². The zero-order valence-corrected chi connectivity index (χ0v) is 11.1. The molecule has 0 atom stereocenters. The number of carbonyl (C=O) groups excluding carboxylic acids is 1. The van der Waals surface area contributed by atoms with E-state index in [2.05, 4.69) is 9.88 Å². The van der Waals surface area contributed by atoms with E-state index < -0.39 is 0 Å². The molecule has 0 amide bonds. The normalized spacial score (nSPS) is 18.2. The first-order valence-electron chi connectivity index (χ1n) is 6.46. The van der Waals surface area contributed by atoms with Crippen molar-refractivity contribution in [2.75, 3.05) is 19.8 Å². The second-order valence-corrected chi connectivity index (χ2v) is 5.32. The Morgan fingerprint density at radius 3 is 2.67 bits per heavy atom. The number of rotatable bonds is 4. The van der Waals surface area contributed by atoms with Crippen molar-refractivity contribution in [2.45, 2.75) is 37.6 Å². The lowest BCUT2D eigenvalue weighted by atomic mass is 9.87. The van der Waals surface area contributed by atoms with E-state index in [0.717, 1.165) is 31.2 Å². The first-order valence-corrected chi connectivity index (χ1v) is 6.46. The number of ketones is 1.